The minimum atomic E-state index is -0.711. The van der Waals surface area contributed by atoms with E-state index in [4.69, 9.17) is 10.5 Å². The number of nitrogens with two attached hydrogens (primary N) is 1. The van der Waals surface area contributed by atoms with E-state index in [-0.39, 0.29) is 0 Å². The lowest BCUT2D eigenvalue weighted by molar-refractivity contribution is -0.157. The van der Waals surface area contributed by atoms with E-state index in [0.29, 0.717) is 6.42 Å². The third-order valence-corrected chi connectivity index (χ3v) is 2.26. The van der Waals surface area contributed by atoms with Gasteiger partial charge in [0.2, 0.25) is 0 Å². The van der Waals surface area contributed by atoms with Gasteiger partial charge in [-0.3, -0.25) is 0 Å². The second-order valence-corrected chi connectivity index (χ2v) is 5.36. The third kappa shape index (κ3) is 7.39. The summed E-state index contributed by atoms with van der Waals surface area (Å²) in [4.78, 5) is 22.4. The first-order valence-electron chi connectivity index (χ1n) is 5.04. The Morgan fingerprint density at radius 2 is 2.00 bits per heavy atom. The largest absolute Gasteiger partial charge is 0.458 e. The van der Waals surface area contributed by atoms with E-state index >= 15 is 0 Å². The lowest BCUT2D eigenvalue weighted by atomic mass is 10.1. The van der Waals surface area contributed by atoms with Crippen LogP contribution in [0, 0.1) is 0 Å². The molecule has 5 nitrogen and oxygen atoms in total. The summed E-state index contributed by atoms with van der Waals surface area (Å²) in [6, 6.07) is -1.37. The van der Waals surface area contributed by atoms with Crippen LogP contribution in [-0.2, 0) is 9.53 Å². The first-order chi connectivity index (χ1) is 7.26. The van der Waals surface area contributed by atoms with Gasteiger partial charge >= 0.3 is 12.0 Å². The Balaban J connectivity index is 4.37. The maximum absolute atomic E-state index is 11.7. The van der Waals surface area contributed by atoms with Crippen LogP contribution in [0.3, 0.4) is 0 Å². The monoisotopic (exact) mass is 248 g/mol. The average Bonchev–Trinajstić information content (AvgIpc) is 2.08. The molecular formula is C10H20N2O3S. The SMILES string of the molecule is CSCCC(NC(N)=O)C(=O)OC(C)(C)C. The second-order valence-electron chi connectivity index (χ2n) is 4.38. The van der Waals surface area contributed by atoms with Gasteiger partial charge in [-0.1, -0.05) is 0 Å². The normalized spacial score (nSPS) is 13.0. The zero-order chi connectivity index (χ0) is 12.8. The summed E-state index contributed by atoms with van der Waals surface area (Å²) < 4.78 is 5.18. The van der Waals surface area contributed by atoms with Gasteiger partial charge in [-0.2, -0.15) is 11.8 Å². The van der Waals surface area contributed by atoms with Crippen LogP contribution >= 0.6 is 11.8 Å². The summed E-state index contributed by atoms with van der Waals surface area (Å²) >= 11 is 1.59. The van der Waals surface area contributed by atoms with Crippen molar-refractivity contribution in [1.29, 1.82) is 0 Å². The van der Waals surface area contributed by atoms with Gasteiger partial charge in [-0.15, -0.1) is 0 Å². The Bertz CT molecular complexity index is 251. The van der Waals surface area contributed by atoms with Crippen LogP contribution < -0.4 is 11.1 Å². The minimum Gasteiger partial charge on any atom is -0.458 e. The highest BCUT2D eigenvalue weighted by Gasteiger charge is 2.25. The molecule has 6 heteroatoms. The molecule has 0 aromatic rings. The molecule has 0 aliphatic heterocycles. The molecule has 0 fully saturated rings. The maximum atomic E-state index is 11.7. The number of hydrogen-bond acceptors (Lipinski definition) is 4. The Morgan fingerprint density at radius 1 is 1.44 bits per heavy atom. The number of primary amides is 1. The molecule has 0 aliphatic carbocycles. The van der Waals surface area contributed by atoms with E-state index < -0.39 is 23.6 Å². The van der Waals surface area contributed by atoms with Crippen LogP contribution in [0.5, 0.6) is 0 Å². The van der Waals surface area contributed by atoms with Gasteiger partial charge < -0.3 is 15.8 Å². The second kappa shape index (κ2) is 6.62. The van der Waals surface area contributed by atoms with Crippen LogP contribution in [0.4, 0.5) is 4.79 Å². The number of urea groups is 1. The highest BCUT2D eigenvalue weighted by molar-refractivity contribution is 7.98. The van der Waals surface area contributed by atoms with Crippen molar-refractivity contribution >= 4 is 23.8 Å². The Kier molecular flexibility index (Phi) is 6.25. The van der Waals surface area contributed by atoms with Crippen LogP contribution in [0.2, 0.25) is 0 Å². The van der Waals surface area contributed by atoms with Gasteiger partial charge in [0.05, 0.1) is 0 Å². The number of carbonyl (C=O) groups is 2. The molecule has 0 aromatic heterocycles. The molecule has 94 valence electrons. The van der Waals surface area contributed by atoms with Gasteiger partial charge in [-0.05, 0) is 39.2 Å². The van der Waals surface area contributed by atoms with Crippen LogP contribution in [0.25, 0.3) is 0 Å². The number of amides is 2. The number of nitrogens with one attached hydrogen (secondary N) is 1. The molecular weight excluding hydrogens is 228 g/mol. The van der Waals surface area contributed by atoms with E-state index in [1.807, 2.05) is 6.26 Å². The fraction of sp³-hybridized carbons (Fsp3) is 0.800. The first kappa shape index (κ1) is 15.1. The Morgan fingerprint density at radius 3 is 2.38 bits per heavy atom. The molecule has 0 spiro atoms. The van der Waals surface area contributed by atoms with E-state index in [0.717, 1.165) is 5.75 Å². The summed E-state index contributed by atoms with van der Waals surface area (Å²) in [6.45, 7) is 5.34. The number of rotatable bonds is 5. The molecule has 0 aliphatic rings. The van der Waals surface area contributed by atoms with Gasteiger partial charge in [0.15, 0.2) is 0 Å². The van der Waals surface area contributed by atoms with Crippen molar-refractivity contribution < 1.29 is 14.3 Å². The van der Waals surface area contributed by atoms with Gasteiger partial charge in [0.25, 0.3) is 0 Å². The van der Waals surface area contributed by atoms with Crippen LogP contribution in [0.15, 0.2) is 0 Å². The van der Waals surface area contributed by atoms with Crippen molar-refractivity contribution in [2.75, 3.05) is 12.0 Å². The molecule has 0 aromatic carbocycles. The number of ether oxygens (including phenoxy) is 1. The number of thioether (sulfide) groups is 1. The smallest absolute Gasteiger partial charge is 0.329 e. The molecule has 0 radical (unpaired) electrons. The molecule has 0 saturated carbocycles. The molecule has 0 rings (SSSR count). The van der Waals surface area contributed by atoms with E-state index in [2.05, 4.69) is 5.32 Å². The lowest BCUT2D eigenvalue weighted by Crippen LogP contribution is -2.46. The summed E-state index contributed by atoms with van der Waals surface area (Å²) in [6.07, 6.45) is 2.44. The summed E-state index contributed by atoms with van der Waals surface area (Å²) in [7, 11) is 0. The number of hydrogen-bond donors (Lipinski definition) is 2. The van der Waals surface area contributed by atoms with Gasteiger partial charge in [0, 0.05) is 0 Å². The standard InChI is InChI=1S/C10H20N2O3S/c1-10(2,3)15-8(13)7(5-6-16-4)12-9(11)14/h7H,5-6H2,1-4H3,(H3,11,12,14). The third-order valence-electron chi connectivity index (χ3n) is 1.62. The molecule has 0 bridgehead atoms. The van der Waals surface area contributed by atoms with Crippen molar-refractivity contribution in [2.45, 2.75) is 38.8 Å². The molecule has 1 atom stereocenters. The molecule has 1 unspecified atom stereocenters. The topological polar surface area (TPSA) is 81.4 Å². The number of carbonyl (C=O) groups excluding carboxylic acids is 2. The molecule has 16 heavy (non-hydrogen) atoms. The Hall–Kier alpha value is -0.910. The summed E-state index contributed by atoms with van der Waals surface area (Å²) in [5.41, 5.74) is 4.44. The van der Waals surface area contributed by atoms with Crippen molar-refractivity contribution in [2.24, 2.45) is 5.73 Å². The highest BCUT2D eigenvalue weighted by Crippen LogP contribution is 2.11. The van der Waals surface area contributed by atoms with E-state index in [1.165, 1.54) is 0 Å². The van der Waals surface area contributed by atoms with Crippen LogP contribution in [0.1, 0.15) is 27.2 Å². The predicted octanol–water partition coefficient (Wildman–Crippen LogP) is 1.12. The molecule has 2 amide bonds. The predicted molar refractivity (Wildman–Crippen MR) is 65.4 cm³/mol. The van der Waals surface area contributed by atoms with Crippen molar-refractivity contribution in [1.82, 2.24) is 5.32 Å². The minimum absolute atomic E-state index is 0.444. The zero-order valence-electron chi connectivity index (χ0n) is 10.2. The molecule has 0 heterocycles. The van der Waals surface area contributed by atoms with Crippen molar-refractivity contribution in [3.63, 3.8) is 0 Å². The van der Waals surface area contributed by atoms with E-state index in [1.54, 1.807) is 32.5 Å². The lowest BCUT2D eigenvalue weighted by Gasteiger charge is -2.24. The molecule has 3 N–H and O–H groups in total. The fourth-order valence-electron chi connectivity index (χ4n) is 1.03. The quantitative estimate of drug-likeness (QED) is 0.714. The average molecular weight is 248 g/mol. The van der Waals surface area contributed by atoms with Crippen molar-refractivity contribution in [3.8, 4) is 0 Å². The zero-order valence-corrected chi connectivity index (χ0v) is 11.0. The van der Waals surface area contributed by atoms with Gasteiger partial charge in [0.1, 0.15) is 11.6 Å². The van der Waals surface area contributed by atoms with Crippen LogP contribution in [-0.4, -0.2) is 35.7 Å². The van der Waals surface area contributed by atoms with Gasteiger partial charge in [-0.25, -0.2) is 9.59 Å². The molecule has 0 saturated heterocycles. The highest BCUT2D eigenvalue weighted by atomic mass is 32.2. The Labute approximate surface area is 100 Å². The number of esters is 1. The first-order valence-corrected chi connectivity index (χ1v) is 6.43. The fourth-order valence-corrected chi connectivity index (χ4v) is 1.50. The maximum Gasteiger partial charge on any atom is 0.329 e. The van der Waals surface area contributed by atoms with Crippen molar-refractivity contribution in [3.05, 3.63) is 0 Å². The van der Waals surface area contributed by atoms with E-state index in [9.17, 15) is 9.59 Å². The summed E-state index contributed by atoms with van der Waals surface area (Å²) in [5, 5.41) is 2.39. The summed E-state index contributed by atoms with van der Waals surface area (Å²) in [5.74, 6) is 0.310.